The predicted molar refractivity (Wildman–Crippen MR) is 110 cm³/mol. The summed E-state index contributed by atoms with van der Waals surface area (Å²) in [6.07, 6.45) is 2.38. The van der Waals surface area contributed by atoms with Crippen LogP contribution >= 0.6 is 0 Å². The van der Waals surface area contributed by atoms with Gasteiger partial charge in [-0.05, 0) is 32.3 Å². The van der Waals surface area contributed by atoms with Crippen LogP contribution < -0.4 is 10.1 Å². The third-order valence-corrected chi connectivity index (χ3v) is 5.32. The van der Waals surface area contributed by atoms with Crippen molar-refractivity contribution in [1.82, 2.24) is 0 Å². The Labute approximate surface area is 182 Å². The number of hydrogen-bond acceptors (Lipinski definition) is 5. The number of aromatic hydroxyl groups is 1. The molecule has 0 spiro atoms. The van der Waals surface area contributed by atoms with Crippen LogP contribution in [0.1, 0.15) is 46.8 Å². The van der Waals surface area contributed by atoms with Crippen LogP contribution in [0.25, 0.3) is 0 Å². The molecule has 1 amide bonds. The molecule has 0 unspecified atom stereocenters. The zero-order valence-electron chi connectivity index (χ0n) is 17.8. The number of phenols is 1. The molecule has 1 aliphatic rings. The number of carbonyl (C=O) groups excluding carboxylic acids is 2. The molecule has 0 fully saturated rings. The molecule has 0 saturated carbocycles. The summed E-state index contributed by atoms with van der Waals surface area (Å²) >= 11 is 0. The topological polar surface area (TPSA) is 84.9 Å². The summed E-state index contributed by atoms with van der Waals surface area (Å²) in [5, 5.41) is 12.9. The molecule has 0 saturated heterocycles. The van der Waals surface area contributed by atoms with Crippen molar-refractivity contribution in [2.45, 2.75) is 39.7 Å². The van der Waals surface area contributed by atoms with E-state index in [0.29, 0.717) is 41.0 Å². The average molecular weight is 449 g/mol. The van der Waals surface area contributed by atoms with Gasteiger partial charge in [0.2, 0.25) is 5.91 Å². The van der Waals surface area contributed by atoms with Gasteiger partial charge in [-0.3, -0.25) is 4.79 Å². The lowest BCUT2D eigenvalue weighted by Crippen LogP contribution is -2.12. The summed E-state index contributed by atoms with van der Waals surface area (Å²) in [5.74, 6) is -5.20. The summed E-state index contributed by atoms with van der Waals surface area (Å²) in [4.78, 5) is 24.0. The summed E-state index contributed by atoms with van der Waals surface area (Å²) in [6, 6.07) is 1.41. The zero-order chi connectivity index (χ0) is 23.6. The lowest BCUT2D eigenvalue weighted by Gasteiger charge is -2.15. The molecular formula is C23H22F3NO5. The van der Waals surface area contributed by atoms with Crippen molar-refractivity contribution < 1.29 is 37.3 Å². The minimum atomic E-state index is -1.60. The molecule has 0 atom stereocenters. The smallest absolute Gasteiger partial charge is 0.342 e. The number of ether oxygens (including phenoxy) is 2. The molecule has 9 heteroatoms. The molecule has 2 N–H and O–H groups in total. The number of fused-ring (bicyclic) bond motifs is 1. The lowest BCUT2D eigenvalue weighted by atomic mass is 9.94. The van der Waals surface area contributed by atoms with Crippen molar-refractivity contribution in [3.8, 4) is 11.5 Å². The van der Waals surface area contributed by atoms with Crippen LogP contribution in [0.15, 0.2) is 23.8 Å². The fourth-order valence-electron chi connectivity index (χ4n) is 3.57. The van der Waals surface area contributed by atoms with Crippen LogP contribution in [0.5, 0.6) is 11.5 Å². The van der Waals surface area contributed by atoms with Crippen molar-refractivity contribution in [2.24, 2.45) is 0 Å². The van der Waals surface area contributed by atoms with E-state index in [4.69, 9.17) is 9.47 Å². The Morgan fingerprint density at radius 3 is 2.53 bits per heavy atom. The molecular weight excluding hydrogens is 427 g/mol. The van der Waals surface area contributed by atoms with E-state index in [0.717, 1.165) is 5.57 Å². The summed E-state index contributed by atoms with van der Waals surface area (Å²) in [6.45, 7) is 3.64. The number of methoxy groups -OCH3 is 1. The minimum Gasteiger partial charge on any atom is -0.507 e. The largest absolute Gasteiger partial charge is 0.507 e. The van der Waals surface area contributed by atoms with E-state index >= 15 is 0 Å². The average Bonchev–Trinajstić information content (AvgIpc) is 3.14. The highest BCUT2D eigenvalue weighted by atomic mass is 19.2. The number of cyclic esters (lactones) is 1. The van der Waals surface area contributed by atoms with Gasteiger partial charge in [-0.25, -0.2) is 18.0 Å². The van der Waals surface area contributed by atoms with Gasteiger partial charge < -0.3 is 19.9 Å². The molecule has 170 valence electrons. The van der Waals surface area contributed by atoms with Crippen LogP contribution in [0, 0.1) is 24.4 Å². The molecule has 0 aliphatic carbocycles. The Hall–Kier alpha value is -3.49. The molecule has 2 aromatic rings. The molecule has 32 heavy (non-hydrogen) atoms. The van der Waals surface area contributed by atoms with Gasteiger partial charge in [0, 0.05) is 35.4 Å². The zero-order valence-corrected chi connectivity index (χ0v) is 17.8. The van der Waals surface area contributed by atoms with Gasteiger partial charge in [0.25, 0.3) is 0 Å². The van der Waals surface area contributed by atoms with E-state index in [9.17, 15) is 27.9 Å². The van der Waals surface area contributed by atoms with Crippen LogP contribution in [-0.4, -0.2) is 24.1 Å². The van der Waals surface area contributed by atoms with Crippen molar-refractivity contribution in [1.29, 1.82) is 0 Å². The number of anilines is 1. The highest BCUT2D eigenvalue weighted by Crippen LogP contribution is 2.42. The van der Waals surface area contributed by atoms with Crippen LogP contribution in [0.4, 0.5) is 18.9 Å². The Balaban J connectivity index is 1.68. The summed E-state index contributed by atoms with van der Waals surface area (Å²) in [7, 11) is 1.47. The van der Waals surface area contributed by atoms with Crippen LogP contribution in [-0.2, 0) is 22.6 Å². The fourth-order valence-corrected chi connectivity index (χ4v) is 3.57. The number of amides is 1. The van der Waals surface area contributed by atoms with Gasteiger partial charge in [-0.15, -0.1) is 0 Å². The van der Waals surface area contributed by atoms with Gasteiger partial charge in [-0.1, -0.05) is 11.6 Å². The lowest BCUT2D eigenvalue weighted by molar-refractivity contribution is -0.116. The van der Waals surface area contributed by atoms with Gasteiger partial charge in [0.05, 0.1) is 7.11 Å². The number of phenolic OH excluding ortho intramolecular Hbond substituents is 1. The molecule has 2 aromatic carbocycles. The van der Waals surface area contributed by atoms with Gasteiger partial charge in [0.15, 0.2) is 17.5 Å². The molecule has 0 aromatic heterocycles. The number of esters is 1. The molecule has 0 bridgehead atoms. The molecule has 0 radical (unpaired) electrons. The Morgan fingerprint density at radius 2 is 1.91 bits per heavy atom. The monoisotopic (exact) mass is 449 g/mol. The number of halogens is 3. The number of benzene rings is 2. The molecule has 1 aliphatic heterocycles. The standard InChI is InChI=1S/C23H22F3NO5/c1-11(5-7-18(28)27-13-8-16(24)20(26)17(25)9-13)4-6-14-21(29)19-15(10-32-23(19)30)12(2)22(14)31-3/h4,8-9,29H,5-7,10H2,1-3H3,(H,27,28). The number of carbonyl (C=O) groups is 2. The maximum absolute atomic E-state index is 13.3. The van der Waals surface area contributed by atoms with Crippen molar-refractivity contribution >= 4 is 17.6 Å². The number of nitrogens with one attached hydrogen (secondary N) is 1. The normalized spacial score (nSPS) is 13.1. The number of rotatable bonds is 7. The highest BCUT2D eigenvalue weighted by Gasteiger charge is 2.31. The fraction of sp³-hybridized carbons (Fsp3) is 0.304. The van der Waals surface area contributed by atoms with Crippen LogP contribution in [0.3, 0.4) is 0 Å². The summed E-state index contributed by atoms with van der Waals surface area (Å²) < 4.78 is 50.0. The van der Waals surface area contributed by atoms with Crippen molar-refractivity contribution in [3.63, 3.8) is 0 Å². The van der Waals surface area contributed by atoms with Gasteiger partial charge >= 0.3 is 5.97 Å². The van der Waals surface area contributed by atoms with E-state index in [1.165, 1.54) is 7.11 Å². The second-order valence-corrected chi connectivity index (χ2v) is 7.47. The highest BCUT2D eigenvalue weighted by molar-refractivity contribution is 5.98. The first-order valence-electron chi connectivity index (χ1n) is 9.82. The van der Waals surface area contributed by atoms with Crippen molar-refractivity contribution in [3.05, 3.63) is 63.5 Å². The molecule has 3 rings (SSSR count). The van der Waals surface area contributed by atoms with E-state index < -0.39 is 29.3 Å². The first kappa shape index (κ1) is 23.2. The van der Waals surface area contributed by atoms with Crippen molar-refractivity contribution in [2.75, 3.05) is 12.4 Å². The van der Waals surface area contributed by atoms with E-state index in [1.54, 1.807) is 19.9 Å². The van der Waals surface area contributed by atoms with E-state index in [-0.39, 0.29) is 36.4 Å². The number of allylic oxidation sites excluding steroid dienone is 2. The molecule has 1 heterocycles. The van der Waals surface area contributed by atoms with Crippen LogP contribution in [0.2, 0.25) is 0 Å². The molecule has 6 nitrogen and oxygen atoms in total. The predicted octanol–water partition coefficient (Wildman–Crippen LogP) is 4.70. The number of hydrogen-bond donors (Lipinski definition) is 2. The minimum absolute atomic E-state index is 0.0155. The van der Waals surface area contributed by atoms with Gasteiger partial charge in [-0.2, -0.15) is 0 Å². The second-order valence-electron chi connectivity index (χ2n) is 7.47. The Kier molecular flexibility index (Phi) is 6.76. The van der Waals surface area contributed by atoms with E-state index in [2.05, 4.69) is 5.32 Å². The first-order chi connectivity index (χ1) is 15.1. The quantitative estimate of drug-likeness (QED) is 0.364. The summed E-state index contributed by atoms with van der Waals surface area (Å²) in [5.41, 5.74) is 2.51. The first-order valence-corrected chi connectivity index (χ1v) is 9.82. The third-order valence-electron chi connectivity index (χ3n) is 5.32. The van der Waals surface area contributed by atoms with E-state index in [1.807, 2.05) is 0 Å². The maximum Gasteiger partial charge on any atom is 0.342 e. The van der Waals surface area contributed by atoms with Gasteiger partial charge in [0.1, 0.15) is 23.7 Å². The Bertz CT molecular complexity index is 1100. The SMILES string of the molecule is COc1c(C)c2c(c(O)c1CC=C(C)CCC(=O)Nc1cc(F)c(F)c(F)c1)C(=O)OC2. The maximum atomic E-state index is 13.3. The second kappa shape index (κ2) is 9.33. The Morgan fingerprint density at radius 1 is 1.25 bits per heavy atom. The third kappa shape index (κ3) is 4.56.